The number of hydrogen-bond donors (Lipinski definition) is 1. The molecule has 106 valence electrons. The molecular weight excluding hydrogens is 248 g/mol. The highest BCUT2D eigenvalue weighted by molar-refractivity contribution is 5.44. The van der Waals surface area contributed by atoms with Gasteiger partial charge in [0, 0.05) is 5.56 Å². The van der Waals surface area contributed by atoms with Gasteiger partial charge in [-0.2, -0.15) is 0 Å². The molecule has 2 aromatic carbocycles. The highest BCUT2D eigenvalue weighted by atomic mass is 16.5. The van der Waals surface area contributed by atoms with Crippen LogP contribution in [0.1, 0.15) is 43.6 Å². The Morgan fingerprint density at radius 3 is 2.20 bits per heavy atom. The summed E-state index contributed by atoms with van der Waals surface area (Å²) in [5.41, 5.74) is 2.91. The largest absolute Gasteiger partial charge is 0.496 e. The van der Waals surface area contributed by atoms with Crippen LogP contribution in [0.4, 0.5) is 0 Å². The maximum Gasteiger partial charge on any atom is 0.125 e. The van der Waals surface area contributed by atoms with E-state index in [0.717, 1.165) is 11.1 Å². The predicted molar refractivity (Wildman–Crippen MR) is 82.2 cm³/mol. The Morgan fingerprint density at radius 1 is 1.00 bits per heavy atom. The van der Waals surface area contributed by atoms with E-state index in [2.05, 4.69) is 26.8 Å². The average molecular weight is 270 g/mol. The van der Waals surface area contributed by atoms with Crippen LogP contribution in [0, 0.1) is 0 Å². The normalized spacial score (nSPS) is 13.1. The summed E-state index contributed by atoms with van der Waals surface area (Å²) < 4.78 is 5.40. The molecule has 0 heterocycles. The first kappa shape index (κ1) is 14.6. The van der Waals surface area contributed by atoms with E-state index < -0.39 is 6.10 Å². The van der Waals surface area contributed by atoms with E-state index in [-0.39, 0.29) is 5.41 Å². The van der Waals surface area contributed by atoms with Crippen molar-refractivity contribution in [3.8, 4) is 5.75 Å². The van der Waals surface area contributed by atoms with Gasteiger partial charge in [0.25, 0.3) is 0 Å². The lowest BCUT2D eigenvalue weighted by Crippen LogP contribution is -2.13. The fraction of sp³-hybridized carbons (Fsp3) is 0.333. The summed E-state index contributed by atoms with van der Waals surface area (Å²) in [6.45, 7) is 6.48. The van der Waals surface area contributed by atoms with Crippen LogP contribution in [-0.2, 0) is 5.41 Å². The molecule has 1 unspecified atom stereocenters. The smallest absolute Gasteiger partial charge is 0.125 e. The molecule has 2 rings (SSSR count). The van der Waals surface area contributed by atoms with Gasteiger partial charge >= 0.3 is 0 Å². The molecule has 2 aromatic rings. The molecule has 0 saturated carbocycles. The maximum absolute atomic E-state index is 10.6. The third-order valence-corrected chi connectivity index (χ3v) is 3.51. The van der Waals surface area contributed by atoms with Gasteiger partial charge in [-0.05, 0) is 28.7 Å². The summed E-state index contributed by atoms with van der Waals surface area (Å²) in [5.74, 6) is 0.717. The molecule has 0 saturated heterocycles. The average Bonchev–Trinajstić information content (AvgIpc) is 2.45. The van der Waals surface area contributed by atoms with Gasteiger partial charge in [0.1, 0.15) is 11.9 Å². The second-order valence-corrected chi connectivity index (χ2v) is 6.02. The highest BCUT2D eigenvalue weighted by Crippen LogP contribution is 2.34. The van der Waals surface area contributed by atoms with Gasteiger partial charge < -0.3 is 9.84 Å². The molecule has 0 bridgehead atoms. The summed E-state index contributed by atoms with van der Waals surface area (Å²) in [6, 6.07) is 15.7. The standard InChI is InChI=1S/C18H22O2/c1-18(2,3)14-10-11-16(20-4)15(12-14)17(19)13-8-6-5-7-9-13/h5-12,17,19H,1-4H3. The first-order valence-electron chi connectivity index (χ1n) is 6.85. The molecule has 0 aliphatic carbocycles. The molecule has 20 heavy (non-hydrogen) atoms. The molecule has 0 aliphatic heterocycles. The summed E-state index contributed by atoms with van der Waals surface area (Å²) in [6.07, 6.45) is -0.673. The number of rotatable bonds is 3. The molecule has 0 radical (unpaired) electrons. The zero-order valence-electron chi connectivity index (χ0n) is 12.6. The van der Waals surface area contributed by atoms with Crippen LogP contribution in [0.25, 0.3) is 0 Å². The molecular formula is C18H22O2. The summed E-state index contributed by atoms with van der Waals surface area (Å²) in [5, 5.41) is 10.6. The van der Waals surface area contributed by atoms with Crippen LogP contribution in [0.3, 0.4) is 0 Å². The molecule has 1 N–H and O–H groups in total. The first-order chi connectivity index (χ1) is 9.43. The Bertz CT molecular complexity index is 568. The van der Waals surface area contributed by atoms with Crippen molar-refractivity contribution >= 4 is 0 Å². The second-order valence-electron chi connectivity index (χ2n) is 6.02. The molecule has 1 atom stereocenters. The minimum Gasteiger partial charge on any atom is -0.496 e. The first-order valence-corrected chi connectivity index (χ1v) is 6.85. The minimum atomic E-state index is -0.673. The fourth-order valence-corrected chi connectivity index (χ4v) is 2.23. The topological polar surface area (TPSA) is 29.5 Å². The SMILES string of the molecule is COc1ccc(C(C)(C)C)cc1C(O)c1ccccc1. The maximum atomic E-state index is 10.6. The zero-order valence-corrected chi connectivity index (χ0v) is 12.6. The molecule has 0 amide bonds. The molecule has 0 fully saturated rings. The third-order valence-electron chi connectivity index (χ3n) is 3.51. The number of aliphatic hydroxyl groups is 1. The number of hydrogen-bond acceptors (Lipinski definition) is 2. The lowest BCUT2D eigenvalue weighted by atomic mass is 9.85. The number of ether oxygens (including phenoxy) is 1. The van der Waals surface area contributed by atoms with Gasteiger partial charge in [-0.25, -0.2) is 0 Å². The Balaban J connectivity index is 2.48. The summed E-state index contributed by atoms with van der Waals surface area (Å²) in [4.78, 5) is 0. The molecule has 2 nitrogen and oxygen atoms in total. The van der Waals surface area contributed by atoms with E-state index in [1.54, 1.807) is 7.11 Å². The second kappa shape index (κ2) is 5.68. The van der Waals surface area contributed by atoms with Crippen LogP contribution < -0.4 is 4.74 Å². The van der Waals surface area contributed by atoms with E-state index in [9.17, 15) is 5.11 Å². The monoisotopic (exact) mass is 270 g/mol. The summed E-state index contributed by atoms with van der Waals surface area (Å²) >= 11 is 0. The van der Waals surface area contributed by atoms with Gasteiger partial charge in [0.05, 0.1) is 7.11 Å². The van der Waals surface area contributed by atoms with Crippen LogP contribution in [0.5, 0.6) is 5.75 Å². The molecule has 0 aromatic heterocycles. The Hall–Kier alpha value is -1.80. The van der Waals surface area contributed by atoms with Crippen LogP contribution >= 0.6 is 0 Å². The van der Waals surface area contributed by atoms with E-state index >= 15 is 0 Å². The van der Waals surface area contributed by atoms with Crippen molar-refractivity contribution in [2.75, 3.05) is 7.11 Å². The molecule has 0 spiro atoms. The van der Waals surface area contributed by atoms with Gasteiger partial charge in [0.15, 0.2) is 0 Å². The van der Waals surface area contributed by atoms with E-state index in [1.165, 1.54) is 5.56 Å². The predicted octanol–water partition coefficient (Wildman–Crippen LogP) is 4.07. The van der Waals surface area contributed by atoms with Crippen molar-refractivity contribution in [2.45, 2.75) is 32.3 Å². The van der Waals surface area contributed by atoms with Crippen molar-refractivity contribution in [1.29, 1.82) is 0 Å². The van der Waals surface area contributed by atoms with Gasteiger partial charge in [-0.15, -0.1) is 0 Å². The van der Waals surface area contributed by atoms with Crippen molar-refractivity contribution in [1.82, 2.24) is 0 Å². The van der Waals surface area contributed by atoms with Crippen LogP contribution in [0.15, 0.2) is 48.5 Å². The van der Waals surface area contributed by atoms with Crippen molar-refractivity contribution in [3.05, 3.63) is 65.2 Å². The number of methoxy groups -OCH3 is 1. The lowest BCUT2D eigenvalue weighted by molar-refractivity contribution is 0.214. The van der Waals surface area contributed by atoms with Crippen molar-refractivity contribution in [3.63, 3.8) is 0 Å². The Morgan fingerprint density at radius 2 is 1.65 bits per heavy atom. The quantitative estimate of drug-likeness (QED) is 0.910. The zero-order chi connectivity index (χ0) is 14.8. The highest BCUT2D eigenvalue weighted by Gasteiger charge is 2.20. The van der Waals surface area contributed by atoms with Gasteiger partial charge in [-0.1, -0.05) is 57.2 Å². The van der Waals surface area contributed by atoms with E-state index in [1.807, 2.05) is 42.5 Å². The van der Waals surface area contributed by atoms with Crippen molar-refractivity contribution < 1.29 is 9.84 Å². The molecule has 2 heteroatoms. The summed E-state index contributed by atoms with van der Waals surface area (Å²) in [7, 11) is 1.63. The Labute approximate surface area is 121 Å². The van der Waals surface area contributed by atoms with E-state index in [0.29, 0.717) is 5.75 Å². The van der Waals surface area contributed by atoms with Gasteiger partial charge in [0.2, 0.25) is 0 Å². The van der Waals surface area contributed by atoms with Crippen molar-refractivity contribution in [2.24, 2.45) is 0 Å². The molecule has 0 aliphatic rings. The minimum absolute atomic E-state index is 0.0391. The third kappa shape index (κ3) is 3.02. The number of aliphatic hydroxyl groups excluding tert-OH is 1. The number of benzene rings is 2. The lowest BCUT2D eigenvalue weighted by Gasteiger charge is -2.23. The Kier molecular flexibility index (Phi) is 4.15. The van der Waals surface area contributed by atoms with Crippen LogP contribution in [-0.4, -0.2) is 12.2 Å². The van der Waals surface area contributed by atoms with Crippen LogP contribution in [0.2, 0.25) is 0 Å². The van der Waals surface area contributed by atoms with E-state index in [4.69, 9.17) is 4.74 Å². The van der Waals surface area contributed by atoms with Gasteiger partial charge in [-0.3, -0.25) is 0 Å². The fourth-order valence-electron chi connectivity index (χ4n) is 2.23.